The number of hydrogen-bond acceptors (Lipinski definition) is 6. The molecule has 1 aliphatic carbocycles. The van der Waals surface area contributed by atoms with Gasteiger partial charge < -0.3 is 23.8 Å². The summed E-state index contributed by atoms with van der Waals surface area (Å²) in [7, 11) is 2.96. The molecule has 1 aliphatic rings. The minimum Gasteiger partial charge on any atom is -0.465 e. The van der Waals surface area contributed by atoms with E-state index in [0.29, 0.717) is 28.7 Å². The first-order valence-electron chi connectivity index (χ1n) is 9.05. The van der Waals surface area contributed by atoms with Gasteiger partial charge in [-0.15, -0.1) is 0 Å². The molecule has 3 aromatic rings. The highest BCUT2D eigenvalue weighted by Gasteiger charge is 2.29. The molecule has 28 heavy (non-hydrogen) atoms. The summed E-state index contributed by atoms with van der Waals surface area (Å²) in [6.45, 7) is 1.89. The molecule has 0 radical (unpaired) electrons. The highest BCUT2D eigenvalue weighted by atomic mass is 16.5. The van der Waals surface area contributed by atoms with Gasteiger partial charge in [-0.2, -0.15) is 0 Å². The Labute approximate surface area is 161 Å². The highest BCUT2D eigenvalue weighted by Crippen LogP contribution is 2.40. The van der Waals surface area contributed by atoms with Gasteiger partial charge in [0.1, 0.15) is 22.6 Å². The standard InChI is InChI=1S/C20H21N3O5/c1-11-15(19(24)26-3)9-14(27-11)10-23(2)20(25)21-13-6-7-17-16(8-13)22-18(28-17)12-4-5-12/h6-9,12H,4-5,10H2,1-3H3,(H,21,25). The molecule has 8 nitrogen and oxygen atoms in total. The molecular weight excluding hydrogens is 362 g/mol. The maximum atomic E-state index is 12.5. The maximum Gasteiger partial charge on any atom is 0.341 e. The van der Waals surface area contributed by atoms with Crippen molar-refractivity contribution in [1.29, 1.82) is 0 Å². The molecule has 2 amide bonds. The summed E-state index contributed by atoms with van der Waals surface area (Å²) in [5.74, 6) is 1.69. The molecule has 1 aromatic carbocycles. The molecule has 1 N–H and O–H groups in total. The lowest BCUT2D eigenvalue weighted by Gasteiger charge is -2.16. The number of anilines is 1. The number of aryl methyl sites for hydroxylation is 1. The second-order valence-corrected chi connectivity index (χ2v) is 6.97. The number of esters is 1. The normalized spacial score (nSPS) is 13.5. The number of hydrogen-bond donors (Lipinski definition) is 1. The van der Waals surface area contributed by atoms with Crippen LogP contribution in [0, 0.1) is 6.92 Å². The van der Waals surface area contributed by atoms with Gasteiger partial charge in [0, 0.05) is 18.7 Å². The molecule has 0 spiro atoms. The number of carbonyl (C=O) groups is 2. The van der Waals surface area contributed by atoms with Crippen molar-refractivity contribution in [2.24, 2.45) is 0 Å². The molecule has 2 heterocycles. The second-order valence-electron chi connectivity index (χ2n) is 6.97. The van der Waals surface area contributed by atoms with Crippen molar-refractivity contribution in [2.45, 2.75) is 32.2 Å². The fourth-order valence-electron chi connectivity index (χ4n) is 2.99. The molecule has 1 saturated carbocycles. The zero-order valence-corrected chi connectivity index (χ0v) is 15.9. The van der Waals surface area contributed by atoms with Crippen LogP contribution < -0.4 is 5.32 Å². The van der Waals surface area contributed by atoms with E-state index in [4.69, 9.17) is 13.6 Å². The topological polar surface area (TPSA) is 97.8 Å². The predicted molar refractivity (Wildman–Crippen MR) is 101 cm³/mol. The number of carbonyl (C=O) groups excluding carboxylic acids is 2. The molecule has 0 unspecified atom stereocenters. The fraction of sp³-hybridized carbons (Fsp3) is 0.350. The van der Waals surface area contributed by atoms with E-state index in [1.54, 1.807) is 32.2 Å². The van der Waals surface area contributed by atoms with Crippen molar-refractivity contribution in [3.63, 3.8) is 0 Å². The van der Waals surface area contributed by atoms with E-state index in [1.807, 2.05) is 6.07 Å². The molecule has 0 aliphatic heterocycles. The monoisotopic (exact) mass is 383 g/mol. The van der Waals surface area contributed by atoms with Gasteiger partial charge in [-0.25, -0.2) is 14.6 Å². The van der Waals surface area contributed by atoms with Crippen LogP contribution in [0.3, 0.4) is 0 Å². The second kappa shape index (κ2) is 7.03. The third kappa shape index (κ3) is 3.58. The number of fused-ring (bicyclic) bond motifs is 1. The van der Waals surface area contributed by atoms with Crippen molar-refractivity contribution in [3.8, 4) is 0 Å². The van der Waals surface area contributed by atoms with E-state index < -0.39 is 5.97 Å². The number of nitrogens with one attached hydrogen (secondary N) is 1. The Bertz CT molecular complexity index is 1050. The van der Waals surface area contributed by atoms with Crippen LogP contribution in [0.4, 0.5) is 10.5 Å². The van der Waals surface area contributed by atoms with Gasteiger partial charge in [0.2, 0.25) is 0 Å². The number of amides is 2. The van der Waals surface area contributed by atoms with Crippen LogP contribution in [0.1, 0.15) is 46.5 Å². The lowest BCUT2D eigenvalue weighted by molar-refractivity contribution is 0.0598. The van der Waals surface area contributed by atoms with Crippen LogP contribution in [0.25, 0.3) is 11.1 Å². The molecule has 0 bridgehead atoms. The average Bonchev–Trinajstić information content (AvgIpc) is 3.34. The third-order valence-corrected chi connectivity index (χ3v) is 4.70. The molecule has 8 heteroatoms. The van der Waals surface area contributed by atoms with Crippen molar-refractivity contribution in [2.75, 3.05) is 19.5 Å². The smallest absolute Gasteiger partial charge is 0.341 e. The average molecular weight is 383 g/mol. The first-order chi connectivity index (χ1) is 13.4. The van der Waals surface area contributed by atoms with Gasteiger partial charge in [-0.05, 0) is 44.0 Å². The SMILES string of the molecule is COC(=O)c1cc(CN(C)C(=O)Nc2ccc3oc(C4CC4)nc3c2)oc1C. The van der Waals surface area contributed by atoms with Crippen molar-refractivity contribution in [1.82, 2.24) is 9.88 Å². The van der Waals surface area contributed by atoms with Crippen LogP contribution in [-0.4, -0.2) is 36.0 Å². The first kappa shape index (κ1) is 18.1. The largest absolute Gasteiger partial charge is 0.465 e. The van der Waals surface area contributed by atoms with Crippen molar-refractivity contribution >= 4 is 28.8 Å². The fourth-order valence-corrected chi connectivity index (χ4v) is 2.99. The minimum absolute atomic E-state index is 0.210. The van der Waals surface area contributed by atoms with Crippen molar-refractivity contribution in [3.05, 3.63) is 47.2 Å². The predicted octanol–water partition coefficient (Wildman–Crippen LogP) is 4.06. The van der Waals surface area contributed by atoms with E-state index >= 15 is 0 Å². The summed E-state index contributed by atoms with van der Waals surface area (Å²) in [6, 6.07) is 6.67. The van der Waals surface area contributed by atoms with E-state index in [1.165, 1.54) is 12.0 Å². The molecular formula is C20H21N3O5. The highest BCUT2D eigenvalue weighted by molar-refractivity contribution is 5.92. The van der Waals surface area contributed by atoms with E-state index in [-0.39, 0.29) is 12.6 Å². The lowest BCUT2D eigenvalue weighted by atomic mass is 10.2. The summed E-state index contributed by atoms with van der Waals surface area (Å²) in [6.07, 6.45) is 2.23. The van der Waals surface area contributed by atoms with Crippen LogP contribution in [-0.2, 0) is 11.3 Å². The van der Waals surface area contributed by atoms with Gasteiger partial charge in [-0.1, -0.05) is 0 Å². The Kier molecular flexibility index (Phi) is 4.54. The van der Waals surface area contributed by atoms with E-state index in [0.717, 1.165) is 29.8 Å². The number of urea groups is 1. The Morgan fingerprint density at radius 3 is 2.79 bits per heavy atom. The van der Waals surface area contributed by atoms with Gasteiger partial charge >= 0.3 is 12.0 Å². The number of ether oxygens (including phenoxy) is 1. The Balaban J connectivity index is 1.42. The van der Waals surface area contributed by atoms with Crippen molar-refractivity contribution < 1.29 is 23.2 Å². The summed E-state index contributed by atoms with van der Waals surface area (Å²) in [5, 5.41) is 2.84. The number of benzene rings is 1. The first-order valence-corrected chi connectivity index (χ1v) is 9.05. The number of nitrogens with zero attached hydrogens (tertiary/aromatic N) is 2. The summed E-state index contributed by atoms with van der Waals surface area (Å²) < 4.78 is 16.0. The van der Waals surface area contributed by atoms with Crippen LogP contribution >= 0.6 is 0 Å². The van der Waals surface area contributed by atoms with E-state index in [2.05, 4.69) is 10.3 Å². The molecule has 146 valence electrons. The molecule has 2 aromatic heterocycles. The van der Waals surface area contributed by atoms with Gasteiger partial charge in [0.05, 0.1) is 13.7 Å². The summed E-state index contributed by atoms with van der Waals surface area (Å²) in [4.78, 5) is 30.1. The van der Waals surface area contributed by atoms with Gasteiger partial charge in [0.25, 0.3) is 0 Å². The Morgan fingerprint density at radius 1 is 1.29 bits per heavy atom. The molecule has 0 saturated heterocycles. The summed E-state index contributed by atoms with van der Waals surface area (Å²) >= 11 is 0. The van der Waals surface area contributed by atoms with Gasteiger partial charge in [0.15, 0.2) is 11.5 Å². The number of rotatable bonds is 5. The minimum atomic E-state index is -0.467. The molecule has 0 atom stereocenters. The van der Waals surface area contributed by atoms with E-state index in [9.17, 15) is 9.59 Å². The zero-order valence-electron chi connectivity index (χ0n) is 15.9. The number of methoxy groups -OCH3 is 1. The molecule has 4 rings (SSSR count). The Hall–Kier alpha value is -3.29. The molecule has 1 fully saturated rings. The van der Waals surface area contributed by atoms with Crippen LogP contribution in [0.5, 0.6) is 0 Å². The third-order valence-electron chi connectivity index (χ3n) is 4.70. The quantitative estimate of drug-likeness (QED) is 0.667. The lowest BCUT2D eigenvalue weighted by Crippen LogP contribution is -2.30. The van der Waals surface area contributed by atoms with Gasteiger partial charge in [-0.3, -0.25) is 0 Å². The number of aromatic nitrogens is 1. The summed E-state index contributed by atoms with van der Waals surface area (Å²) in [5.41, 5.74) is 2.43. The van der Waals surface area contributed by atoms with Crippen LogP contribution in [0.15, 0.2) is 33.1 Å². The maximum absolute atomic E-state index is 12.5. The zero-order chi connectivity index (χ0) is 19.8. The Morgan fingerprint density at radius 2 is 2.07 bits per heavy atom. The number of furan rings is 1. The number of oxazole rings is 1. The van der Waals surface area contributed by atoms with Crippen LogP contribution in [0.2, 0.25) is 0 Å².